The molecule has 0 radical (unpaired) electrons. The molecule has 13 heavy (non-hydrogen) atoms. The Kier molecular flexibility index (Phi) is 7.29. The molecule has 0 saturated carbocycles. The summed E-state index contributed by atoms with van der Waals surface area (Å²) in [5.74, 6) is 0. The fourth-order valence-corrected chi connectivity index (χ4v) is 1.68. The first-order chi connectivity index (χ1) is 6.18. The highest BCUT2D eigenvalue weighted by atomic mass is 16.5. The van der Waals surface area contributed by atoms with Crippen molar-refractivity contribution in [3.05, 3.63) is 0 Å². The van der Waals surface area contributed by atoms with Gasteiger partial charge in [0.15, 0.2) is 0 Å². The number of hydrogen-bond acceptors (Lipinski definition) is 2. The van der Waals surface area contributed by atoms with Gasteiger partial charge in [0.05, 0.1) is 0 Å². The van der Waals surface area contributed by atoms with Crippen LogP contribution in [0.2, 0.25) is 0 Å². The Labute approximate surface area is 82.6 Å². The summed E-state index contributed by atoms with van der Waals surface area (Å²) in [5, 5.41) is 0. The third kappa shape index (κ3) is 6.05. The zero-order valence-corrected chi connectivity index (χ0v) is 9.56. The molecule has 0 aliphatic carbocycles. The van der Waals surface area contributed by atoms with E-state index < -0.39 is 0 Å². The van der Waals surface area contributed by atoms with E-state index in [0.717, 1.165) is 26.1 Å². The van der Waals surface area contributed by atoms with Gasteiger partial charge in [-0.3, -0.25) is 0 Å². The van der Waals surface area contributed by atoms with Crippen LogP contribution in [0, 0.1) is 5.41 Å². The van der Waals surface area contributed by atoms with E-state index in [0.29, 0.717) is 5.41 Å². The summed E-state index contributed by atoms with van der Waals surface area (Å²) in [5.41, 5.74) is 0.404. The molecule has 2 nitrogen and oxygen atoms in total. The molecule has 0 aromatic rings. The highest BCUT2D eigenvalue weighted by Gasteiger charge is 2.22. The minimum absolute atomic E-state index is 0.404. The second kappa shape index (κ2) is 7.34. The minimum Gasteiger partial charge on any atom is -0.385 e. The van der Waals surface area contributed by atoms with Crippen LogP contribution in [0.5, 0.6) is 0 Å². The van der Waals surface area contributed by atoms with Crippen molar-refractivity contribution in [2.24, 2.45) is 5.41 Å². The SMILES string of the molecule is CCCC(C)(CCOC)CCOC. The van der Waals surface area contributed by atoms with Gasteiger partial charge < -0.3 is 9.47 Å². The van der Waals surface area contributed by atoms with Crippen molar-refractivity contribution in [1.82, 2.24) is 0 Å². The number of hydrogen-bond donors (Lipinski definition) is 0. The van der Waals surface area contributed by atoms with Crippen LogP contribution in [0.1, 0.15) is 39.5 Å². The van der Waals surface area contributed by atoms with Crippen LogP contribution in [0.3, 0.4) is 0 Å². The Hall–Kier alpha value is -0.0800. The quantitative estimate of drug-likeness (QED) is 0.583. The van der Waals surface area contributed by atoms with Gasteiger partial charge in [-0.15, -0.1) is 0 Å². The maximum Gasteiger partial charge on any atom is 0.0467 e. The summed E-state index contributed by atoms with van der Waals surface area (Å²) in [4.78, 5) is 0. The Morgan fingerprint density at radius 3 is 1.69 bits per heavy atom. The Balaban J connectivity index is 3.84. The van der Waals surface area contributed by atoms with Crippen molar-refractivity contribution in [2.45, 2.75) is 39.5 Å². The van der Waals surface area contributed by atoms with Crippen LogP contribution in [-0.2, 0) is 9.47 Å². The van der Waals surface area contributed by atoms with Gasteiger partial charge in [-0.25, -0.2) is 0 Å². The lowest BCUT2D eigenvalue weighted by molar-refractivity contribution is 0.0970. The van der Waals surface area contributed by atoms with Crippen LogP contribution >= 0.6 is 0 Å². The van der Waals surface area contributed by atoms with Gasteiger partial charge in [0.25, 0.3) is 0 Å². The molecule has 0 spiro atoms. The van der Waals surface area contributed by atoms with E-state index in [9.17, 15) is 0 Å². The molecule has 0 fully saturated rings. The molecule has 0 aromatic heterocycles. The predicted octanol–water partition coefficient (Wildman–Crippen LogP) is 2.87. The van der Waals surface area contributed by atoms with Crippen molar-refractivity contribution in [3.63, 3.8) is 0 Å². The monoisotopic (exact) mass is 188 g/mol. The van der Waals surface area contributed by atoms with Gasteiger partial charge in [-0.2, -0.15) is 0 Å². The molecule has 0 amide bonds. The van der Waals surface area contributed by atoms with Crippen molar-refractivity contribution >= 4 is 0 Å². The van der Waals surface area contributed by atoms with Gasteiger partial charge >= 0.3 is 0 Å². The largest absolute Gasteiger partial charge is 0.385 e. The summed E-state index contributed by atoms with van der Waals surface area (Å²) < 4.78 is 10.2. The van der Waals surface area contributed by atoms with E-state index >= 15 is 0 Å². The summed E-state index contributed by atoms with van der Waals surface area (Å²) in [7, 11) is 3.53. The van der Waals surface area contributed by atoms with E-state index in [1.54, 1.807) is 14.2 Å². The zero-order chi connectivity index (χ0) is 10.2. The average Bonchev–Trinajstić information content (AvgIpc) is 2.12. The summed E-state index contributed by atoms with van der Waals surface area (Å²) >= 11 is 0. The highest BCUT2D eigenvalue weighted by molar-refractivity contribution is 4.73. The first kappa shape index (κ1) is 12.9. The molecule has 0 rings (SSSR count). The van der Waals surface area contributed by atoms with Crippen LogP contribution in [0.4, 0.5) is 0 Å². The molecule has 0 aromatic carbocycles. The Morgan fingerprint density at radius 2 is 1.38 bits per heavy atom. The molecule has 0 atom stereocenters. The van der Waals surface area contributed by atoms with Crippen molar-refractivity contribution < 1.29 is 9.47 Å². The molecule has 0 heterocycles. The molecule has 0 unspecified atom stereocenters. The van der Waals surface area contributed by atoms with Crippen molar-refractivity contribution in [1.29, 1.82) is 0 Å². The maximum atomic E-state index is 5.12. The van der Waals surface area contributed by atoms with E-state index in [2.05, 4.69) is 13.8 Å². The van der Waals surface area contributed by atoms with Gasteiger partial charge in [-0.1, -0.05) is 20.3 Å². The lowest BCUT2D eigenvalue weighted by atomic mass is 9.80. The van der Waals surface area contributed by atoms with Crippen LogP contribution in [0.15, 0.2) is 0 Å². The molecular formula is C11H24O2. The molecule has 0 aliphatic heterocycles. The first-order valence-electron chi connectivity index (χ1n) is 5.16. The maximum absolute atomic E-state index is 5.12. The highest BCUT2D eigenvalue weighted by Crippen LogP contribution is 2.31. The normalized spacial score (nSPS) is 12.0. The number of rotatable bonds is 8. The Morgan fingerprint density at radius 1 is 0.923 bits per heavy atom. The lowest BCUT2D eigenvalue weighted by Gasteiger charge is -2.28. The molecule has 0 N–H and O–H groups in total. The first-order valence-corrected chi connectivity index (χ1v) is 5.16. The fourth-order valence-electron chi connectivity index (χ4n) is 1.68. The predicted molar refractivity (Wildman–Crippen MR) is 56.0 cm³/mol. The summed E-state index contributed by atoms with van der Waals surface area (Å²) in [6, 6.07) is 0. The van der Waals surface area contributed by atoms with Gasteiger partial charge in [0.1, 0.15) is 0 Å². The number of ether oxygens (including phenoxy) is 2. The molecule has 0 saturated heterocycles. The minimum atomic E-state index is 0.404. The van der Waals surface area contributed by atoms with Crippen molar-refractivity contribution in [3.8, 4) is 0 Å². The van der Waals surface area contributed by atoms with Gasteiger partial charge in [-0.05, 0) is 24.7 Å². The number of methoxy groups -OCH3 is 2. The average molecular weight is 188 g/mol. The second-order valence-corrected chi connectivity index (χ2v) is 4.05. The lowest BCUT2D eigenvalue weighted by Crippen LogP contribution is -2.20. The summed E-state index contributed by atoms with van der Waals surface area (Å²) in [6.07, 6.45) is 4.78. The van der Waals surface area contributed by atoms with Crippen molar-refractivity contribution in [2.75, 3.05) is 27.4 Å². The molecule has 2 heteroatoms. The summed E-state index contributed by atoms with van der Waals surface area (Å²) in [6.45, 7) is 6.28. The standard InChI is InChI=1S/C11H24O2/c1-5-6-11(2,7-9-12-3)8-10-13-4/h5-10H2,1-4H3. The van der Waals surface area contributed by atoms with E-state index in [1.807, 2.05) is 0 Å². The molecule has 0 bridgehead atoms. The van der Waals surface area contributed by atoms with Crippen LogP contribution < -0.4 is 0 Å². The Bertz CT molecular complexity index is 105. The van der Waals surface area contributed by atoms with E-state index in [4.69, 9.17) is 9.47 Å². The third-order valence-corrected chi connectivity index (χ3v) is 2.67. The van der Waals surface area contributed by atoms with Gasteiger partial charge in [0.2, 0.25) is 0 Å². The third-order valence-electron chi connectivity index (χ3n) is 2.67. The topological polar surface area (TPSA) is 18.5 Å². The fraction of sp³-hybridized carbons (Fsp3) is 1.00. The van der Waals surface area contributed by atoms with E-state index in [1.165, 1.54) is 12.8 Å². The van der Waals surface area contributed by atoms with E-state index in [-0.39, 0.29) is 0 Å². The van der Waals surface area contributed by atoms with Crippen LogP contribution in [-0.4, -0.2) is 27.4 Å². The molecule has 0 aliphatic rings. The second-order valence-electron chi connectivity index (χ2n) is 4.05. The molecule has 80 valence electrons. The molecular weight excluding hydrogens is 164 g/mol. The van der Waals surface area contributed by atoms with Crippen LogP contribution in [0.25, 0.3) is 0 Å². The smallest absolute Gasteiger partial charge is 0.0467 e. The van der Waals surface area contributed by atoms with Gasteiger partial charge in [0, 0.05) is 27.4 Å². The zero-order valence-electron chi connectivity index (χ0n) is 9.56.